The van der Waals surface area contributed by atoms with Gasteiger partial charge in [-0.05, 0) is 66.9 Å². The Balaban J connectivity index is 1.38. The van der Waals surface area contributed by atoms with Crippen molar-refractivity contribution in [3.05, 3.63) is 71.7 Å². The predicted molar refractivity (Wildman–Crippen MR) is 145 cm³/mol. The number of furan rings is 1. The second-order valence-electron chi connectivity index (χ2n) is 10.1. The Morgan fingerprint density at radius 1 is 1.05 bits per heavy atom. The van der Waals surface area contributed by atoms with Crippen molar-refractivity contribution in [2.24, 2.45) is 0 Å². The number of anilines is 1. The fourth-order valence-corrected chi connectivity index (χ4v) is 5.19. The molecule has 41 heavy (non-hydrogen) atoms. The van der Waals surface area contributed by atoms with Crippen molar-refractivity contribution in [3.63, 3.8) is 0 Å². The molecule has 12 heteroatoms. The highest BCUT2D eigenvalue weighted by Gasteiger charge is 2.35. The molecule has 1 aliphatic heterocycles. The number of carbonyl (C=O) groups is 2. The Morgan fingerprint density at radius 3 is 2.54 bits per heavy atom. The standard InChI is InChI=1S/C29H29FN6O5/c1-18-6-12-24(41-18)28-32-34-35(33-28)17-26(37)36(22-11-13-23-25(16-22)40-15-14-39-23)27(19-7-9-20(30)10-8-19)29(38)31-21-4-2-3-5-21/h6-13,16,21,27H,2-5,14-15,17H2,1H3,(H,31,38). The molecule has 1 N–H and O–H groups in total. The molecule has 3 heterocycles. The lowest BCUT2D eigenvalue weighted by Crippen LogP contribution is -2.47. The summed E-state index contributed by atoms with van der Waals surface area (Å²) in [7, 11) is 0. The molecule has 0 radical (unpaired) electrons. The van der Waals surface area contributed by atoms with E-state index in [2.05, 4.69) is 20.7 Å². The molecule has 0 bridgehead atoms. The number of halogens is 1. The molecule has 4 aromatic rings. The third-order valence-electron chi connectivity index (χ3n) is 7.16. The van der Waals surface area contributed by atoms with Crippen molar-refractivity contribution >= 4 is 17.5 Å². The summed E-state index contributed by atoms with van der Waals surface area (Å²) in [5, 5.41) is 15.5. The molecule has 0 spiro atoms. The minimum absolute atomic E-state index is 0.000963. The van der Waals surface area contributed by atoms with Crippen LogP contribution in [-0.4, -0.2) is 51.3 Å². The summed E-state index contributed by atoms with van der Waals surface area (Å²) in [6.07, 6.45) is 3.76. The first-order chi connectivity index (χ1) is 19.9. The maximum Gasteiger partial charge on any atom is 0.251 e. The van der Waals surface area contributed by atoms with E-state index in [-0.39, 0.29) is 24.3 Å². The summed E-state index contributed by atoms with van der Waals surface area (Å²) in [6.45, 7) is 2.24. The van der Waals surface area contributed by atoms with Gasteiger partial charge in [-0.3, -0.25) is 14.5 Å². The number of amides is 2. The van der Waals surface area contributed by atoms with Crippen molar-refractivity contribution in [2.45, 2.75) is 51.2 Å². The molecule has 212 valence electrons. The largest absolute Gasteiger partial charge is 0.486 e. The zero-order valence-corrected chi connectivity index (χ0v) is 22.5. The van der Waals surface area contributed by atoms with Gasteiger partial charge < -0.3 is 19.2 Å². The van der Waals surface area contributed by atoms with Gasteiger partial charge in [0.25, 0.3) is 5.91 Å². The van der Waals surface area contributed by atoms with Crippen molar-refractivity contribution in [3.8, 4) is 23.1 Å². The molecular formula is C29H29FN6O5. The van der Waals surface area contributed by atoms with E-state index in [0.29, 0.717) is 47.5 Å². The van der Waals surface area contributed by atoms with E-state index in [0.717, 1.165) is 30.5 Å². The zero-order chi connectivity index (χ0) is 28.3. The van der Waals surface area contributed by atoms with E-state index in [4.69, 9.17) is 13.9 Å². The Bertz CT molecular complexity index is 1550. The Kier molecular flexibility index (Phi) is 7.36. The van der Waals surface area contributed by atoms with Crippen LogP contribution in [0.3, 0.4) is 0 Å². The molecule has 6 rings (SSSR count). The molecule has 1 fully saturated rings. The second kappa shape index (κ2) is 11.4. The van der Waals surface area contributed by atoms with Gasteiger partial charge >= 0.3 is 0 Å². The lowest BCUT2D eigenvalue weighted by Gasteiger charge is -2.33. The third kappa shape index (κ3) is 5.76. The number of aryl methyl sites for hydroxylation is 1. The van der Waals surface area contributed by atoms with Crippen LogP contribution in [0.15, 0.2) is 59.0 Å². The topological polar surface area (TPSA) is 125 Å². The molecule has 2 amide bonds. The van der Waals surface area contributed by atoms with Crippen molar-refractivity contribution in [1.82, 2.24) is 25.5 Å². The first kappa shape index (κ1) is 26.5. The van der Waals surface area contributed by atoms with E-state index < -0.39 is 17.8 Å². The van der Waals surface area contributed by atoms with Crippen LogP contribution in [0.1, 0.15) is 43.0 Å². The molecule has 2 aromatic heterocycles. The maximum atomic E-state index is 14.1. The van der Waals surface area contributed by atoms with Crippen LogP contribution in [0.25, 0.3) is 11.6 Å². The fourth-order valence-electron chi connectivity index (χ4n) is 5.19. The van der Waals surface area contributed by atoms with Gasteiger partial charge in [-0.2, -0.15) is 4.80 Å². The SMILES string of the molecule is Cc1ccc(-c2nnn(CC(=O)N(c3ccc4c(c3)OCCO4)C(C(=O)NC3CCCC3)c3ccc(F)cc3)n2)o1. The number of tetrazole rings is 1. The summed E-state index contributed by atoms with van der Waals surface area (Å²) < 4.78 is 30.9. The number of benzene rings is 2. The molecular weight excluding hydrogens is 531 g/mol. The van der Waals surface area contributed by atoms with Crippen LogP contribution >= 0.6 is 0 Å². The predicted octanol–water partition coefficient (Wildman–Crippen LogP) is 3.99. The molecule has 0 saturated heterocycles. The van der Waals surface area contributed by atoms with Crippen LogP contribution in [0.4, 0.5) is 10.1 Å². The van der Waals surface area contributed by atoms with E-state index in [9.17, 15) is 14.0 Å². The van der Waals surface area contributed by atoms with E-state index in [1.165, 1.54) is 29.2 Å². The second-order valence-corrected chi connectivity index (χ2v) is 10.1. The van der Waals surface area contributed by atoms with Crippen LogP contribution in [0.2, 0.25) is 0 Å². The number of hydrogen-bond acceptors (Lipinski definition) is 8. The number of fused-ring (bicyclic) bond motifs is 1. The van der Waals surface area contributed by atoms with Gasteiger partial charge in [-0.1, -0.05) is 25.0 Å². The number of nitrogens with one attached hydrogen (secondary N) is 1. The Hall–Kier alpha value is -4.74. The average molecular weight is 561 g/mol. The number of carbonyl (C=O) groups excluding carboxylic acids is 2. The van der Waals surface area contributed by atoms with Gasteiger partial charge in [0.05, 0.1) is 0 Å². The van der Waals surface area contributed by atoms with E-state index >= 15 is 0 Å². The molecule has 1 saturated carbocycles. The Labute approximate surface area is 235 Å². The summed E-state index contributed by atoms with van der Waals surface area (Å²) in [5.74, 6) is 1.02. The van der Waals surface area contributed by atoms with Crippen molar-refractivity contribution in [2.75, 3.05) is 18.1 Å². The molecule has 1 aliphatic carbocycles. The van der Waals surface area contributed by atoms with Gasteiger partial charge in [0.1, 0.15) is 37.4 Å². The van der Waals surface area contributed by atoms with Crippen molar-refractivity contribution in [1.29, 1.82) is 0 Å². The zero-order valence-electron chi connectivity index (χ0n) is 22.5. The first-order valence-corrected chi connectivity index (χ1v) is 13.6. The highest BCUT2D eigenvalue weighted by atomic mass is 19.1. The van der Waals surface area contributed by atoms with E-state index in [1.54, 1.807) is 37.3 Å². The average Bonchev–Trinajstić information content (AvgIpc) is 3.75. The minimum atomic E-state index is -1.11. The normalized spacial score (nSPS) is 15.5. The van der Waals surface area contributed by atoms with Gasteiger partial charge in [-0.25, -0.2) is 4.39 Å². The number of hydrogen-bond donors (Lipinski definition) is 1. The maximum absolute atomic E-state index is 14.1. The van der Waals surface area contributed by atoms with Gasteiger partial charge in [-0.15, -0.1) is 10.2 Å². The lowest BCUT2D eigenvalue weighted by atomic mass is 10.0. The van der Waals surface area contributed by atoms with Crippen LogP contribution in [0, 0.1) is 12.7 Å². The highest BCUT2D eigenvalue weighted by molar-refractivity contribution is 6.01. The monoisotopic (exact) mass is 560 g/mol. The van der Waals surface area contributed by atoms with Crippen LogP contribution in [0.5, 0.6) is 11.5 Å². The fraction of sp³-hybridized carbons (Fsp3) is 0.345. The lowest BCUT2D eigenvalue weighted by molar-refractivity contribution is -0.127. The van der Waals surface area contributed by atoms with Gasteiger partial charge in [0.2, 0.25) is 11.7 Å². The summed E-state index contributed by atoms with van der Waals surface area (Å²) >= 11 is 0. The number of nitrogens with zero attached hydrogens (tertiary/aromatic N) is 5. The smallest absolute Gasteiger partial charge is 0.251 e. The summed E-state index contributed by atoms with van der Waals surface area (Å²) in [5.41, 5.74) is 0.848. The van der Waals surface area contributed by atoms with Crippen LogP contribution in [-0.2, 0) is 16.1 Å². The molecule has 1 unspecified atom stereocenters. The quantitative estimate of drug-likeness (QED) is 0.343. The number of ether oxygens (including phenoxy) is 2. The Morgan fingerprint density at radius 2 is 1.80 bits per heavy atom. The van der Waals surface area contributed by atoms with Gasteiger partial charge in [0.15, 0.2) is 17.3 Å². The third-order valence-corrected chi connectivity index (χ3v) is 7.16. The first-order valence-electron chi connectivity index (χ1n) is 13.6. The van der Waals surface area contributed by atoms with Gasteiger partial charge in [0, 0.05) is 17.8 Å². The molecule has 2 aromatic carbocycles. The molecule has 1 atom stereocenters. The summed E-state index contributed by atoms with van der Waals surface area (Å²) in [4.78, 5) is 30.5. The number of rotatable bonds is 8. The number of aromatic nitrogens is 4. The molecule has 2 aliphatic rings. The van der Waals surface area contributed by atoms with Crippen LogP contribution < -0.4 is 19.7 Å². The van der Waals surface area contributed by atoms with Crippen molar-refractivity contribution < 1.29 is 27.9 Å². The minimum Gasteiger partial charge on any atom is -0.486 e. The van der Waals surface area contributed by atoms with E-state index in [1.807, 2.05) is 0 Å². The molecule has 11 nitrogen and oxygen atoms in total. The summed E-state index contributed by atoms with van der Waals surface area (Å²) in [6, 6.07) is 13.0. The highest BCUT2D eigenvalue weighted by Crippen LogP contribution is 2.37.